The first-order valence-corrected chi connectivity index (χ1v) is 11.2. The highest BCUT2D eigenvalue weighted by molar-refractivity contribution is 7.93. The Hall–Kier alpha value is -3.80. The topological polar surface area (TPSA) is 84.0 Å². The van der Waals surface area contributed by atoms with E-state index in [0.717, 1.165) is 0 Å². The first-order valence-electron chi connectivity index (χ1n) is 9.63. The van der Waals surface area contributed by atoms with Gasteiger partial charge in [0.2, 0.25) is 10.0 Å². The van der Waals surface area contributed by atoms with Crippen molar-refractivity contribution in [1.29, 1.82) is 0 Å². The molecule has 34 heavy (non-hydrogen) atoms. The minimum absolute atomic E-state index is 0.105. The van der Waals surface area contributed by atoms with Gasteiger partial charge in [-0.05, 0) is 36.4 Å². The molecular weight excluding hydrogens is 479 g/mol. The summed E-state index contributed by atoms with van der Waals surface area (Å²) in [5.74, 6) is -7.72. The molecular formula is C22H15F5N4O2S. The molecule has 0 bridgehead atoms. The van der Waals surface area contributed by atoms with Crippen LogP contribution in [-0.4, -0.2) is 29.6 Å². The van der Waals surface area contributed by atoms with Crippen LogP contribution < -0.4 is 10.0 Å². The van der Waals surface area contributed by atoms with Crippen LogP contribution in [0, 0.1) is 5.82 Å². The second-order valence-corrected chi connectivity index (χ2v) is 9.03. The van der Waals surface area contributed by atoms with E-state index in [1.54, 1.807) is 12.1 Å². The Morgan fingerprint density at radius 2 is 1.62 bits per heavy atom. The van der Waals surface area contributed by atoms with Crippen molar-refractivity contribution in [1.82, 2.24) is 9.97 Å². The average Bonchev–Trinajstić information content (AvgIpc) is 2.73. The summed E-state index contributed by atoms with van der Waals surface area (Å²) in [4.78, 5) is 8.16. The molecule has 0 aliphatic heterocycles. The Balaban J connectivity index is 1.49. The minimum Gasteiger partial charge on any atom is -0.340 e. The molecule has 0 amide bonds. The number of hydrogen-bond acceptors (Lipinski definition) is 5. The minimum atomic E-state index is -4.95. The van der Waals surface area contributed by atoms with Crippen molar-refractivity contribution in [2.24, 2.45) is 0 Å². The van der Waals surface area contributed by atoms with Gasteiger partial charge < -0.3 is 5.32 Å². The monoisotopic (exact) mass is 494 g/mol. The third-order valence-corrected chi connectivity index (χ3v) is 6.40. The molecule has 1 unspecified atom stereocenters. The molecule has 0 saturated heterocycles. The van der Waals surface area contributed by atoms with Gasteiger partial charge >= 0.3 is 0 Å². The molecule has 12 heteroatoms. The van der Waals surface area contributed by atoms with E-state index in [2.05, 4.69) is 15.3 Å². The van der Waals surface area contributed by atoms with Crippen LogP contribution in [0.5, 0.6) is 0 Å². The van der Waals surface area contributed by atoms with Gasteiger partial charge in [-0.15, -0.1) is 0 Å². The number of alkyl halides is 2. The molecule has 0 radical (unpaired) electrons. The fourth-order valence-corrected chi connectivity index (χ4v) is 4.70. The molecule has 0 fully saturated rings. The number of hydrogen-bond donors (Lipinski definition) is 2. The lowest BCUT2D eigenvalue weighted by atomic mass is 10.1. The summed E-state index contributed by atoms with van der Waals surface area (Å²) < 4.78 is 95.1. The number of aromatic nitrogens is 2. The number of rotatable bonds is 6. The van der Waals surface area contributed by atoms with E-state index in [0.29, 0.717) is 22.8 Å². The van der Waals surface area contributed by atoms with Gasteiger partial charge in [-0.1, -0.05) is 12.1 Å². The molecule has 4 rings (SSSR count). The molecule has 1 aliphatic rings. The van der Waals surface area contributed by atoms with E-state index < -0.39 is 38.7 Å². The first kappa shape index (κ1) is 23.4. The van der Waals surface area contributed by atoms with Gasteiger partial charge in [0.1, 0.15) is 29.6 Å². The van der Waals surface area contributed by atoms with Crippen LogP contribution >= 0.6 is 0 Å². The summed E-state index contributed by atoms with van der Waals surface area (Å²) in [6.45, 7) is 0. The average molecular weight is 494 g/mol. The van der Waals surface area contributed by atoms with Crippen molar-refractivity contribution < 1.29 is 30.4 Å². The van der Waals surface area contributed by atoms with Crippen LogP contribution in [0.2, 0.25) is 0 Å². The fraction of sp³-hybridized carbons (Fsp3) is 0.0909. The van der Waals surface area contributed by atoms with E-state index in [1.165, 1.54) is 48.8 Å². The Bertz CT molecular complexity index is 1390. The van der Waals surface area contributed by atoms with Crippen molar-refractivity contribution in [2.75, 3.05) is 10.0 Å². The molecule has 0 spiro atoms. The SMILES string of the molecule is O=S(=O)(Nc1ccc(Nc2cc(-c3cccc(F)c3)ncn2)cc1)C1C(F)=CC(F)=CC1(F)F. The van der Waals surface area contributed by atoms with Gasteiger partial charge in [0.15, 0.2) is 5.25 Å². The van der Waals surface area contributed by atoms with Crippen LogP contribution in [0.1, 0.15) is 0 Å². The number of halogens is 5. The Morgan fingerprint density at radius 3 is 2.29 bits per heavy atom. The van der Waals surface area contributed by atoms with Crippen LogP contribution in [0.15, 0.2) is 84.7 Å². The maximum atomic E-state index is 14.0. The molecule has 3 aromatic rings. The molecule has 1 aliphatic carbocycles. The predicted octanol–water partition coefficient (Wildman–Crippen LogP) is 5.49. The predicted molar refractivity (Wildman–Crippen MR) is 117 cm³/mol. The van der Waals surface area contributed by atoms with Gasteiger partial charge in [0.05, 0.1) is 5.69 Å². The van der Waals surface area contributed by atoms with Crippen molar-refractivity contribution >= 4 is 27.2 Å². The van der Waals surface area contributed by atoms with Gasteiger partial charge in [0, 0.05) is 35.2 Å². The highest BCUT2D eigenvalue weighted by atomic mass is 32.2. The van der Waals surface area contributed by atoms with Crippen LogP contribution in [0.3, 0.4) is 0 Å². The number of sulfonamides is 1. The normalized spacial score (nSPS) is 17.5. The van der Waals surface area contributed by atoms with Gasteiger partial charge in [-0.25, -0.2) is 31.6 Å². The van der Waals surface area contributed by atoms with E-state index >= 15 is 0 Å². The lowest BCUT2D eigenvalue weighted by Crippen LogP contribution is -2.43. The molecule has 1 atom stereocenters. The quantitative estimate of drug-likeness (QED) is 0.443. The zero-order chi connectivity index (χ0) is 24.5. The third-order valence-electron chi connectivity index (χ3n) is 4.72. The Morgan fingerprint density at radius 1 is 0.912 bits per heavy atom. The van der Waals surface area contributed by atoms with Gasteiger partial charge in [-0.3, -0.25) is 4.72 Å². The molecule has 1 heterocycles. The number of allylic oxidation sites excluding steroid dienone is 3. The summed E-state index contributed by atoms with van der Waals surface area (Å²) in [5, 5.41) is 0.0433. The Labute approximate surface area is 190 Å². The smallest absolute Gasteiger partial charge is 0.294 e. The number of benzene rings is 2. The second kappa shape index (κ2) is 8.86. The second-order valence-electron chi connectivity index (χ2n) is 7.26. The zero-order valence-electron chi connectivity index (χ0n) is 17.0. The highest BCUT2D eigenvalue weighted by Crippen LogP contribution is 2.38. The highest BCUT2D eigenvalue weighted by Gasteiger charge is 2.52. The van der Waals surface area contributed by atoms with Crippen LogP contribution in [-0.2, 0) is 10.0 Å². The maximum absolute atomic E-state index is 14.0. The standard InChI is InChI=1S/C22H15F5N4O2S/c23-14-3-1-2-13(8-14)19-10-20(29-12-28-19)30-16-4-6-17(7-5-16)31-34(32,33)21-18(25)9-15(24)11-22(21,26)27/h1-12,21,31H,(H,28,29,30). The van der Waals surface area contributed by atoms with Gasteiger partial charge in [0.25, 0.3) is 5.92 Å². The van der Waals surface area contributed by atoms with Crippen molar-refractivity contribution in [2.45, 2.75) is 11.2 Å². The van der Waals surface area contributed by atoms with Crippen LogP contribution in [0.4, 0.5) is 39.1 Å². The fourth-order valence-electron chi connectivity index (χ4n) is 3.27. The van der Waals surface area contributed by atoms with E-state index in [4.69, 9.17) is 0 Å². The molecule has 2 N–H and O–H groups in total. The summed E-state index contributed by atoms with van der Waals surface area (Å²) in [7, 11) is -4.95. The lowest BCUT2D eigenvalue weighted by Gasteiger charge is -2.26. The molecule has 1 aromatic heterocycles. The summed E-state index contributed by atoms with van der Waals surface area (Å²) in [6, 6.07) is 12.8. The van der Waals surface area contributed by atoms with E-state index in [9.17, 15) is 30.4 Å². The summed E-state index contributed by atoms with van der Waals surface area (Å²) in [6.07, 6.45) is 1.13. The third kappa shape index (κ3) is 5.06. The molecule has 6 nitrogen and oxygen atoms in total. The first-order chi connectivity index (χ1) is 16.0. The van der Waals surface area contributed by atoms with Crippen molar-refractivity contribution in [3.8, 4) is 11.3 Å². The Kier molecular flexibility index (Phi) is 6.09. The largest absolute Gasteiger partial charge is 0.340 e. The number of anilines is 3. The number of nitrogens with one attached hydrogen (secondary N) is 2. The van der Waals surface area contributed by atoms with Crippen LogP contribution in [0.25, 0.3) is 11.3 Å². The van der Waals surface area contributed by atoms with E-state index in [-0.39, 0.29) is 17.8 Å². The lowest BCUT2D eigenvalue weighted by molar-refractivity contribution is 0.0494. The summed E-state index contributed by atoms with van der Waals surface area (Å²) >= 11 is 0. The maximum Gasteiger partial charge on any atom is 0.294 e. The zero-order valence-corrected chi connectivity index (χ0v) is 17.8. The molecule has 176 valence electrons. The molecule has 0 saturated carbocycles. The van der Waals surface area contributed by atoms with Gasteiger partial charge in [-0.2, -0.15) is 8.78 Å². The van der Waals surface area contributed by atoms with E-state index in [1.807, 2.05) is 4.72 Å². The number of nitrogens with zero attached hydrogens (tertiary/aromatic N) is 2. The molecule has 2 aromatic carbocycles. The summed E-state index contributed by atoms with van der Waals surface area (Å²) in [5.41, 5.74) is 1.32. The van der Waals surface area contributed by atoms with Crippen molar-refractivity contribution in [3.05, 3.63) is 90.5 Å². The van der Waals surface area contributed by atoms with Crippen molar-refractivity contribution in [3.63, 3.8) is 0 Å².